The molecule has 0 N–H and O–H groups in total. The number of hydrogen-bond donors (Lipinski definition) is 0. The number of nitrogens with zero attached hydrogens (tertiary/aromatic N) is 2. The summed E-state index contributed by atoms with van der Waals surface area (Å²) in [7, 11) is 3.22. The van der Waals surface area contributed by atoms with Gasteiger partial charge in [-0.25, -0.2) is 4.98 Å². The zero-order valence-electron chi connectivity index (χ0n) is 11.1. The minimum atomic E-state index is 0.671. The van der Waals surface area contributed by atoms with Crippen molar-refractivity contribution in [1.29, 1.82) is 0 Å². The molecule has 0 amide bonds. The molecule has 4 heteroatoms. The molecule has 1 aromatic carbocycles. The normalized spacial score (nSPS) is 9.42. The number of rotatable bonds is 2. The molecule has 1 heterocycles. The lowest BCUT2D eigenvalue weighted by molar-refractivity contribution is 0.394. The van der Waals surface area contributed by atoms with Crippen molar-refractivity contribution in [3.8, 4) is 23.3 Å². The molecular weight excluding hydrogens is 240 g/mol. The molecule has 19 heavy (non-hydrogen) atoms. The Labute approximate surface area is 112 Å². The molecule has 1 aromatic heterocycles. The lowest BCUT2D eigenvalue weighted by Crippen LogP contribution is -1.91. The predicted molar refractivity (Wildman–Crippen MR) is 72.3 cm³/mol. The summed E-state index contributed by atoms with van der Waals surface area (Å²) in [5.41, 5.74) is 2.29. The Morgan fingerprint density at radius 1 is 0.895 bits per heavy atom. The summed E-state index contributed by atoms with van der Waals surface area (Å²) in [6.45, 7) is 1.88. The van der Waals surface area contributed by atoms with Gasteiger partial charge in [-0.1, -0.05) is 5.92 Å². The van der Waals surface area contributed by atoms with Crippen LogP contribution >= 0.6 is 0 Å². The zero-order chi connectivity index (χ0) is 13.7. The third-order valence-corrected chi connectivity index (χ3v) is 2.56. The minimum Gasteiger partial charge on any atom is -0.497 e. The smallest absolute Gasteiger partial charge is 0.134 e. The summed E-state index contributed by atoms with van der Waals surface area (Å²) >= 11 is 0. The molecule has 0 aliphatic heterocycles. The number of aryl methyl sites for hydroxylation is 1. The fourth-order valence-electron chi connectivity index (χ4n) is 1.54. The quantitative estimate of drug-likeness (QED) is 0.771. The van der Waals surface area contributed by atoms with Crippen molar-refractivity contribution < 1.29 is 9.47 Å². The Balaban J connectivity index is 2.36. The van der Waals surface area contributed by atoms with Crippen molar-refractivity contribution in [3.63, 3.8) is 0 Å². The van der Waals surface area contributed by atoms with Crippen LogP contribution in [0.2, 0.25) is 0 Å². The topological polar surface area (TPSA) is 44.2 Å². The molecule has 4 nitrogen and oxygen atoms in total. The Morgan fingerprint density at radius 2 is 1.53 bits per heavy atom. The van der Waals surface area contributed by atoms with Crippen molar-refractivity contribution in [2.45, 2.75) is 6.92 Å². The van der Waals surface area contributed by atoms with Crippen LogP contribution in [0.3, 0.4) is 0 Å². The van der Waals surface area contributed by atoms with Gasteiger partial charge in [-0.3, -0.25) is 4.98 Å². The predicted octanol–water partition coefficient (Wildman–Crippen LogP) is 2.20. The number of aromatic nitrogens is 2. The minimum absolute atomic E-state index is 0.671. The van der Waals surface area contributed by atoms with Gasteiger partial charge in [0.1, 0.15) is 17.2 Å². The average Bonchev–Trinajstić information content (AvgIpc) is 2.46. The SMILES string of the molecule is COc1cc(C#Cc2nccnc2C)cc(OC)c1. The highest BCUT2D eigenvalue weighted by molar-refractivity contribution is 5.48. The maximum absolute atomic E-state index is 5.20. The van der Waals surface area contributed by atoms with E-state index < -0.39 is 0 Å². The fourth-order valence-corrected chi connectivity index (χ4v) is 1.54. The molecule has 0 atom stereocenters. The van der Waals surface area contributed by atoms with E-state index in [-0.39, 0.29) is 0 Å². The van der Waals surface area contributed by atoms with Crippen molar-refractivity contribution in [2.75, 3.05) is 14.2 Å². The number of hydrogen-bond acceptors (Lipinski definition) is 4. The molecular formula is C15H14N2O2. The van der Waals surface area contributed by atoms with Gasteiger partial charge in [-0.15, -0.1) is 0 Å². The maximum atomic E-state index is 5.20. The highest BCUT2D eigenvalue weighted by atomic mass is 16.5. The van der Waals surface area contributed by atoms with E-state index in [1.54, 1.807) is 32.7 Å². The molecule has 0 bridgehead atoms. The lowest BCUT2D eigenvalue weighted by atomic mass is 10.2. The summed E-state index contributed by atoms with van der Waals surface area (Å²) in [5, 5.41) is 0. The summed E-state index contributed by atoms with van der Waals surface area (Å²) in [6, 6.07) is 5.50. The van der Waals surface area contributed by atoms with Crippen LogP contribution in [0.1, 0.15) is 17.0 Å². The summed E-state index contributed by atoms with van der Waals surface area (Å²) in [4.78, 5) is 8.32. The van der Waals surface area contributed by atoms with Gasteiger partial charge in [0.2, 0.25) is 0 Å². The maximum Gasteiger partial charge on any atom is 0.134 e. The van der Waals surface area contributed by atoms with E-state index in [1.807, 2.05) is 19.1 Å². The number of ether oxygens (including phenoxy) is 2. The number of benzene rings is 1. The first-order valence-electron chi connectivity index (χ1n) is 5.75. The monoisotopic (exact) mass is 254 g/mol. The van der Waals surface area contributed by atoms with Gasteiger partial charge in [0, 0.05) is 24.0 Å². The number of methoxy groups -OCH3 is 2. The molecule has 96 valence electrons. The first kappa shape index (κ1) is 12.9. The second kappa shape index (κ2) is 5.87. The summed E-state index contributed by atoms with van der Waals surface area (Å²) < 4.78 is 10.4. The third-order valence-electron chi connectivity index (χ3n) is 2.56. The molecule has 0 spiro atoms. The van der Waals surface area contributed by atoms with Crippen LogP contribution in [-0.2, 0) is 0 Å². The Bertz CT molecular complexity index is 620. The molecule has 0 aliphatic carbocycles. The Morgan fingerprint density at radius 3 is 2.11 bits per heavy atom. The first-order chi connectivity index (χ1) is 9.22. The van der Waals surface area contributed by atoms with Gasteiger partial charge in [0.05, 0.1) is 19.9 Å². The van der Waals surface area contributed by atoms with Gasteiger partial charge in [0.25, 0.3) is 0 Å². The molecule has 0 unspecified atom stereocenters. The van der Waals surface area contributed by atoms with Gasteiger partial charge in [-0.2, -0.15) is 0 Å². The van der Waals surface area contributed by atoms with Crippen molar-refractivity contribution in [3.05, 3.63) is 47.5 Å². The van der Waals surface area contributed by atoms with E-state index in [4.69, 9.17) is 9.47 Å². The fraction of sp³-hybridized carbons (Fsp3) is 0.200. The van der Waals surface area contributed by atoms with Gasteiger partial charge in [0.15, 0.2) is 0 Å². The van der Waals surface area contributed by atoms with E-state index in [2.05, 4.69) is 21.8 Å². The van der Waals surface area contributed by atoms with Crippen LogP contribution in [0, 0.1) is 18.8 Å². The van der Waals surface area contributed by atoms with Gasteiger partial charge >= 0.3 is 0 Å². The van der Waals surface area contributed by atoms with Crippen molar-refractivity contribution in [1.82, 2.24) is 9.97 Å². The highest BCUT2D eigenvalue weighted by Crippen LogP contribution is 2.21. The standard InChI is InChI=1S/C15H14N2O2/c1-11-15(17-7-6-16-11)5-4-12-8-13(18-2)10-14(9-12)19-3/h6-10H,1-3H3. The highest BCUT2D eigenvalue weighted by Gasteiger charge is 2.00. The first-order valence-corrected chi connectivity index (χ1v) is 5.75. The molecule has 0 aliphatic rings. The molecule has 0 fully saturated rings. The second-order valence-electron chi connectivity index (χ2n) is 3.84. The molecule has 0 saturated carbocycles. The Kier molecular flexibility index (Phi) is 3.99. The molecule has 0 radical (unpaired) electrons. The third kappa shape index (κ3) is 3.23. The van der Waals surface area contributed by atoms with Crippen LogP contribution < -0.4 is 9.47 Å². The van der Waals surface area contributed by atoms with E-state index in [0.717, 1.165) is 11.3 Å². The van der Waals surface area contributed by atoms with E-state index >= 15 is 0 Å². The van der Waals surface area contributed by atoms with Crippen molar-refractivity contribution >= 4 is 0 Å². The lowest BCUT2D eigenvalue weighted by Gasteiger charge is -2.04. The molecule has 2 rings (SSSR count). The average molecular weight is 254 g/mol. The van der Waals surface area contributed by atoms with Crippen LogP contribution in [0.25, 0.3) is 0 Å². The second-order valence-corrected chi connectivity index (χ2v) is 3.84. The van der Waals surface area contributed by atoms with Gasteiger partial charge in [-0.05, 0) is 25.0 Å². The zero-order valence-corrected chi connectivity index (χ0v) is 11.1. The molecule has 0 saturated heterocycles. The van der Waals surface area contributed by atoms with Crippen LogP contribution in [0.5, 0.6) is 11.5 Å². The van der Waals surface area contributed by atoms with E-state index in [0.29, 0.717) is 17.2 Å². The van der Waals surface area contributed by atoms with Crippen molar-refractivity contribution in [2.24, 2.45) is 0 Å². The molecule has 2 aromatic rings. The van der Waals surface area contributed by atoms with Crippen LogP contribution in [0.4, 0.5) is 0 Å². The summed E-state index contributed by atoms with van der Waals surface area (Å²) in [5.74, 6) is 7.45. The largest absolute Gasteiger partial charge is 0.497 e. The van der Waals surface area contributed by atoms with Crippen LogP contribution in [-0.4, -0.2) is 24.2 Å². The van der Waals surface area contributed by atoms with Crippen LogP contribution in [0.15, 0.2) is 30.6 Å². The van der Waals surface area contributed by atoms with Gasteiger partial charge < -0.3 is 9.47 Å². The van der Waals surface area contributed by atoms with E-state index in [1.165, 1.54) is 0 Å². The van der Waals surface area contributed by atoms with E-state index in [9.17, 15) is 0 Å². The summed E-state index contributed by atoms with van der Waals surface area (Å²) in [6.07, 6.45) is 3.28. The Hall–Kier alpha value is -2.54.